The van der Waals surface area contributed by atoms with Gasteiger partial charge >= 0.3 is 5.97 Å². The van der Waals surface area contributed by atoms with Crippen LogP contribution in [0.5, 0.6) is 5.75 Å². The lowest BCUT2D eigenvalue weighted by Crippen LogP contribution is -2.29. The summed E-state index contributed by atoms with van der Waals surface area (Å²) >= 11 is 0. The molecule has 26 heavy (non-hydrogen) atoms. The van der Waals surface area contributed by atoms with Gasteiger partial charge in [-0.2, -0.15) is 0 Å². The minimum atomic E-state index is -1.22. The first kappa shape index (κ1) is 18.0. The van der Waals surface area contributed by atoms with Crippen LogP contribution in [0.1, 0.15) is 42.1 Å². The molecule has 1 aromatic heterocycles. The molecule has 0 atom stereocenters. The van der Waals surface area contributed by atoms with E-state index in [2.05, 4.69) is 9.88 Å². The van der Waals surface area contributed by atoms with Crippen LogP contribution in [0.15, 0.2) is 29.1 Å². The first-order valence-corrected chi connectivity index (χ1v) is 8.98. The maximum atomic E-state index is 12.1. The highest BCUT2D eigenvalue weighted by molar-refractivity contribution is 5.88. The number of methoxy groups -OCH3 is 1. The smallest absolute Gasteiger partial charge is 0.341 e. The SMILES string of the molecule is CCc1cc(C(=O)O)c(=O)[nH]c1-c1ccc(N2CCCCC2)c(OC)c1. The van der Waals surface area contributed by atoms with E-state index in [1.165, 1.54) is 25.3 Å². The van der Waals surface area contributed by atoms with Gasteiger partial charge in [0, 0.05) is 18.7 Å². The highest BCUT2D eigenvalue weighted by Gasteiger charge is 2.18. The molecule has 0 saturated carbocycles. The lowest BCUT2D eigenvalue weighted by molar-refractivity contribution is 0.0695. The van der Waals surface area contributed by atoms with Crippen LogP contribution in [-0.4, -0.2) is 36.3 Å². The third-order valence-corrected chi connectivity index (χ3v) is 4.90. The molecular formula is C20H24N2O4. The summed E-state index contributed by atoms with van der Waals surface area (Å²) in [7, 11) is 1.64. The van der Waals surface area contributed by atoms with Gasteiger partial charge in [-0.3, -0.25) is 4.79 Å². The fourth-order valence-electron chi connectivity index (χ4n) is 3.50. The maximum absolute atomic E-state index is 12.1. The van der Waals surface area contributed by atoms with E-state index in [9.17, 15) is 9.59 Å². The number of rotatable bonds is 5. The molecule has 0 aliphatic carbocycles. The van der Waals surface area contributed by atoms with Crippen molar-refractivity contribution >= 4 is 11.7 Å². The number of nitrogens with zero attached hydrogens (tertiary/aromatic N) is 1. The number of aromatic carboxylic acids is 1. The highest BCUT2D eigenvalue weighted by Crippen LogP contribution is 2.35. The number of hydrogen-bond acceptors (Lipinski definition) is 4. The van der Waals surface area contributed by atoms with Crippen molar-refractivity contribution in [2.45, 2.75) is 32.6 Å². The van der Waals surface area contributed by atoms with Crippen molar-refractivity contribution in [1.82, 2.24) is 4.98 Å². The van der Waals surface area contributed by atoms with Gasteiger partial charge in [-0.15, -0.1) is 0 Å². The number of nitrogens with one attached hydrogen (secondary N) is 1. The lowest BCUT2D eigenvalue weighted by Gasteiger charge is -2.30. The Kier molecular flexibility index (Phi) is 5.30. The topological polar surface area (TPSA) is 82.6 Å². The van der Waals surface area contributed by atoms with Gasteiger partial charge in [-0.25, -0.2) is 4.79 Å². The fraction of sp³-hybridized carbons (Fsp3) is 0.400. The second-order valence-corrected chi connectivity index (χ2v) is 6.51. The van der Waals surface area contributed by atoms with Crippen molar-refractivity contribution in [2.75, 3.05) is 25.1 Å². The van der Waals surface area contributed by atoms with Gasteiger partial charge < -0.3 is 19.7 Å². The summed E-state index contributed by atoms with van der Waals surface area (Å²) in [6, 6.07) is 7.34. The number of benzene rings is 1. The molecule has 1 aliphatic heterocycles. The van der Waals surface area contributed by atoms with Crippen LogP contribution in [0.25, 0.3) is 11.3 Å². The Hall–Kier alpha value is -2.76. The summed E-state index contributed by atoms with van der Waals surface area (Å²) in [5.74, 6) is -0.458. The molecule has 0 spiro atoms. The van der Waals surface area contributed by atoms with Crippen LogP contribution >= 0.6 is 0 Å². The molecule has 1 aliphatic rings. The number of aromatic nitrogens is 1. The molecule has 0 bridgehead atoms. The summed E-state index contributed by atoms with van der Waals surface area (Å²) in [5.41, 5.74) is 2.47. The second kappa shape index (κ2) is 7.64. The lowest BCUT2D eigenvalue weighted by atomic mass is 10.0. The number of piperidine rings is 1. The first-order chi connectivity index (χ1) is 12.5. The Morgan fingerprint density at radius 2 is 1.96 bits per heavy atom. The quantitative estimate of drug-likeness (QED) is 0.859. The second-order valence-electron chi connectivity index (χ2n) is 6.51. The van der Waals surface area contributed by atoms with Gasteiger partial charge in [0.25, 0.3) is 5.56 Å². The number of carboxylic acids is 1. The Bertz CT molecular complexity index is 867. The van der Waals surface area contributed by atoms with E-state index >= 15 is 0 Å². The van der Waals surface area contributed by atoms with E-state index in [0.717, 1.165) is 35.7 Å². The first-order valence-electron chi connectivity index (χ1n) is 8.98. The predicted molar refractivity (Wildman–Crippen MR) is 101 cm³/mol. The average molecular weight is 356 g/mol. The average Bonchev–Trinajstić information content (AvgIpc) is 2.67. The molecule has 2 heterocycles. The zero-order valence-corrected chi connectivity index (χ0v) is 15.2. The van der Waals surface area contributed by atoms with Crippen molar-refractivity contribution in [3.63, 3.8) is 0 Å². The molecule has 6 nitrogen and oxygen atoms in total. The summed E-state index contributed by atoms with van der Waals surface area (Å²) < 4.78 is 5.60. The Labute approximate surface area is 152 Å². The number of aromatic amines is 1. The number of aryl methyl sites for hydroxylation is 1. The largest absolute Gasteiger partial charge is 0.495 e. The monoisotopic (exact) mass is 356 g/mol. The number of carboxylic acid groups (broad SMARTS) is 1. The number of H-pyrrole nitrogens is 1. The molecule has 2 aromatic rings. The van der Waals surface area contributed by atoms with Crippen LogP contribution in [-0.2, 0) is 6.42 Å². The number of anilines is 1. The van der Waals surface area contributed by atoms with Crippen molar-refractivity contribution in [3.05, 3.63) is 45.7 Å². The Morgan fingerprint density at radius 3 is 2.58 bits per heavy atom. The van der Waals surface area contributed by atoms with Crippen molar-refractivity contribution < 1.29 is 14.6 Å². The van der Waals surface area contributed by atoms with Gasteiger partial charge in [0.2, 0.25) is 0 Å². The number of pyridine rings is 1. The van der Waals surface area contributed by atoms with E-state index in [1.54, 1.807) is 7.11 Å². The summed E-state index contributed by atoms with van der Waals surface area (Å²) in [5, 5.41) is 9.16. The molecule has 0 amide bonds. The van der Waals surface area contributed by atoms with Crippen molar-refractivity contribution in [1.29, 1.82) is 0 Å². The zero-order valence-electron chi connectivity index (χ0n) is 15.2. The number of ether oxygens (including phenoxy) is 1. The molecule has 2 N–H and O–H groups in total. The molecule has 1 aromatic carbocycles. The molecule has 1 fully saturated rings. The minimum Gasteiger partial charge on any atom is -0.495 e. The third-order valence-electron chi connectivity index (χ3n) is 4.90. The normalized spacial score (nSPS) is 14.3. The fourth-order valence-corrected chi connectivity index (χ4v) is 3.50. The summed E-state index contributed by atoms with van der Waals surface area (Å²) in [6.45, 7) is 3.96. The van der Waals surface area contributed by atoms with E-state index in [-0.39, 0.29) is 5.56 Å². The van der Waals surface area contributed by atoms with Crippen molar-refractivity contribution in [3.8, 4) is 17.0 Å². The molecule has 0 unspecified atom stereocenters. The van der Waals surface area contributed by atoms with E-state index in [1.807, 2.05) is 25.1 Å². The number of hydrogen-bond donors (Lipinski definition) is 2. The molecule has 1 saturated heterocycles. The predicted octanol–water partition coefficient (Wildman–Crippen LogP) is 3.30. The van der Waals surface area contributed by atoms with Crippen LogP contribution in [0, 0.1) is 0 Å². The van der Waals surface area contributed by atoms with E-state index in [0.29, 0.717) is 12.1 Å². The standard InChI is InChI=1S/C20H24N2O4/c1-3-13-11-15(20(24)25)19(23)21-18(13)14-7-8-16(17(12-14)26-2)22-9-5-4-6-10-22/h7-8,11-12H,3-6,9-10H2,1-2H3,(H,21,23)(H,24,25). The molecule has 6 heteroatoms. The van der Waals surface area contributed by atoms with Gasteiger partial charge in [-0.05, 0) is 49.4 Å². The van der Waals surface area contributed by atoms with Crippen molar-refractivity contribution in [2.24, 2.45) is 0 Å². The minimum absolute atomic E-state index is 0.234. The molecule has 138 valence electrons. The van der Waals surface area contributed by atoms with Crippen LogP contribution < -0.4 is 15.2 Å². The molecule has 0 radical (unpaired) electrons. The third kappa shape index (κ3) is 3.45. The summed E-state index contributed by atoms with van der Waals surface area (Å²) in [4.78, 5) is 28.4. The molecular weight excluding hydrogens is 332 g/mol. The zero-order chi connectivity index (χ0) is 18.7. The maximum Gasteiger partial charge on any atom is 0.341 e. The van der Waals surface area contributed by atoms with Gasteiger partial charge in [0.1, 0.15) is 11.3 Å². The van der Waals surface area contributed by atoms with E-state index in [4.69, 9.17) is 9.84 Å². The Balaban J connectivity index is 2.05. The van der Waals surface area contributed by atoms with Crippen LogP contribution in [0.4, 0.5) is 5.69 Å². The van der Waals surface area contributed by atoms with Crippen LogP contribution in [0.2, 0.25) is 0 Å². The highest BCUT2D eigenvalue weighted by atomic mass is 16.5. The Morgan fingerprint density at radius 1 is 1.23 bits per heavy atom. The summed E-state index contributed by atoms with van der Waals surface area (Å²) in [6.07, 6.45) is 4.22. The van der Waals surface area contributed by atoms with Gasteiger partial charge in [-0.1, -0.05) is 13.0 Å². The number of carbonyl (C=O) groups is 1. The van der Waals surface area contributed by atoms with Crippen LogP contribution in [0.3, 0.4) is 0 Å². The van der Waals surface area contributed by atoms with Gasteiger partial charge in [0.15, 0.2) is 0 Å². The van der Waals surface area contributed by atoms with Gasteiger partial charge in [0.05, 0.1) is 18.5 Å². The van der Waals surface area contributed by atoms with E-state index < -0.39 is 11.5 Å². The molecule has 3 rings (SSSR count).